The van der Waals surface area contributed by atoms with Gasteiger partial charge in [0, 0.05) is 13.8 Å². The van der Waals surface area contributed by atoms with E-state index in [9.17, 15) is 19.5 Å². The number of aliphatic hydroxyl groups excluding tert-OH is 1. The van der Waals surface area contributed by atoms with Gasteiger partial charge < -0.3 is 19.9 Å². The lowest BCUT2D eigenvalue weighted by atomic mass is 9.94. The van der Waals surface area contributed by atoms with Gasteiger partial charge in [-0.05, 0) is 19.9 Å². The number of ether oxygens (including phenoxy) is 2. The molecule has 1 aliphatic heterocycles. The zero-order chi connectivity index (χ0) is 22.9. The minimum Gasteiger partial charge on any atom is -0.458 e. The highest BCUT2D eigenvalue weighted by atomic mass is 32.1. The van der Waals surface area contributed by atoms with Crippen molar-refractivity contribution in [2.45, 2.75) is 50.9 Å². The lowest BCUT2D eigenvalue weighted by Gasteiger charge is -2.32. The molecule has 1 amide bonds. The Bertz CT molecular complexity index is 1070. The molecule has 4 atom stereocenters. The van der Waals surface area contributed by atoms with Crippen LogP contribution in [-0.2, 0) is 23.9 Å². The van der Waals surface area contributed by atoms with E-state index in [1.54, 1.807) is 19.1 Å². The molecule has 0 unspecified atom stereocenters. The van der Waals surface area contributed by atoms with Gasteiger partial charge >= 0.3 is 5.97 Å². The summed E-state index contributed by atoms with van der Waals surface area (Å²) in [5.74, 6) is -0.904. The summed E-state index contributed by atoms with van der Waals surface area (Å²) in [6.45, 7) is 5.09. The predicted molar refractivity (Wildman–Crippen MR) is 113 cm³/mol. The Labute approximate surface area is 183 Å². The fraction of sp³-hybridized carbons (Fsp3) is 0.474. The number of aliphatic hydroxyl groups is 1. The number of ketones is 1. The van der Waals surface area contributed by atoms with Crippen molar-refractivity contribution in [3.63, 3.8) is 0 Å². The number of fused-ring (bicyclic) bond motifs is 1. The van der Waals surface area contributed by atoms with Crippen LogP contribution in [0.15, 0.2) is 12.4 Å². The number of carbonyl (C=O) groups is 3. The Hall–Kier alpha value is -2.83. The quantitative estimate of drug-likeness (QED) is 0.432. The number of rotatable bonds is 6. The maximum absolute atomic E-state index is 12.8. The van der Waals surface area contributed by atoms with Gasteiger partial charge in [-0.2, -0.15) is 12.6 Å². The van der Waals surface area contributed by atoms with Crippen LogP contribution in [0.4, 0.5) is 5.82 Å². The number of thiol groups is 1. The molecule has 0 bridgehead atoms. The maximum Gasteiger partial charge on any atom is 0.303 e. The second-order valence-corrected chi connectivity index (χ2v) is 7.78. The van der Waals surface area contributed by atoms with E-state index in [2.05, 4.69) is 32.9 Å². The van der Waals surface area contributed by atoms with E-state index in [1.807, 2.05) is 0 Å². The SMILES string of the molecule is CC=Cc1nc2c(NC(C)=O)ncnc2n1[C@@H]1O[C@H](CO)[C@@H](OC(C)=O)[C@]1(S)C(C)=O. The first-order valence-electron chi connectivity index (χ1n) is 9.45. The number of nitrogens with zero attached hydrogens (tertiary/aromatic N) is 4. The van der Waals surface area contributed by atoms with Crippen LogP contribution >= 0.6 is 12.6 Å². The third kappa shape index (κ3) is 3.93. The lowest BCUT2D eigenvalue weighted by Crippen LogP contribution is -2.50. The number of carbonyl (C=O) groups excluding carboxylic acids is 3. The zero-order valence-corrected chi connectivity index (χ0v) is 18.3. The van der Waals surface area contributed by atoms with E-state index in [0.717, 1.165) is 0 Å². The molecule has 0 saturated carbocycles. The van der Waals surface area contributed by atoms with Crippen LogP contribution in [0.3, 0.4) is 0 Å². The summed E-state index contributed by atoms with van der Waals surface area (Å²) in [7, 11) is 0. The van der Waals surface area contributed by atoms with E-state index in [0.29, 0.717) is 5.82 Å². The fourth-order valence-corrected chi connectivity index (χ4v) is 3.96. The molecule has 3 rings (SSSR count). The highest BCUT2D eigenvalue weighted by Gasteiger charge is 2.61. The number of nitrogens with one attached hydrogen (secondary N) is 1. The van der Waals surface area contributed by atoms with Crippen LogP contribution in [0.5, 0.6) is 0 Å². The van der Waals surface area contributed by atoms with Crippen molar-refractivity contribution in [1.82, 2.24) is 19.5 Å². The van der Waals surface area contributed by atoms with Crippen LogP contribution in [-0.4, -0.2) is 65.8 Å². The van der Waals surface area contributed by atoms with Gasteiger partial charge in [0.25, 0.3) is 0 Å². The minimum atomic E-state index is -1.65. The Balaban J connectivity index is 2.27. The standard InChI is InChI=1S/C19H23N5O6S/c1-5-6-13-23-14-16(22-10(3)27)20-8-21-17(14)24(13)18-19(31,9(2)26)15(29-11(4)28)12(7-25)30-18/h5-6,8,12,15,18,25,31H,7H2,1-4H3,(H,20,21,22,27)/t12-,15-,18-,19-/m1/s1. The number of esters is 1. The topological polar surface area (TPSA) is 146 Å². The van der Waals surface area contributed by atoms with E-state index >= 15 is 0 Å². The zero-order valence-electron chi connectivity index (χ0n) is 17.4. The van der Waals surface area contributed by atoms with E-state index in [1.165, 1.54) is 31.7 Å². The van der Waals surface area contributed by atoms with Gasteiger partial charge in [0.05, 0.1) is 6.61 Å². The van der Waals surface area contributed by atoms with Crippen molar-refractivity contribution in [2.24, 2.45) is 0 Å². The summed E-state index contributed by atoms with van der Waals surface area (Å²) in [5, 5.41) is 12.4. The Kier molecular flexibility index (Phi) is 6.43. The molecule has 1 saturated heterocycles. The van der Waals surface area contributed by atoms with Gasteiger partial charge in [0.15, 0.2) is 39.8 Å². The number of aromatic nitrogens is 4. The first-order valence-corrected chi connectivity index (χ1v) is 9.90. The lowest BCUT2D eigenvalue weighted by molar-refractivity contribution is -0.151. The molecule has 11 nitrogen and oxygen atoms in total. The second kappa shape index (κ2) is 8.73. The molecular weight excluding hydrogens is 426 g/mol. The molecule has 166 valence electrons. The van der Waals surface area contributed by atoms with Gasteiger partial charge in [-0.25, -0.2) is 15.0 Å². The van der Waals surface area contributed by atoms with E-state index in [-0.39, 0.29) is 22.9 Å². The third-order valence-electron chi connectivity index (χ3n) is 4.84. The summed E-state index contributed by atoms with van der Waals surface area (Å²) in [6, 6.07) is 0. The van der Waals surface area contributed by atoms with Crippen molar-refractivity contribution in [2.75, 3.05) is 11.9 Å². The van der Waals surface area contributed by atoms with Crippen molar-refractivity contribution in [1.29, 1.82) is 0 Å². The molecule has 31 heavy (non-hydrogen) atoms. The average molecular weight is 449 g/mol. The van der Waals surface area contributed by atoms with Crippen LogP contribution in [0.2, 0.25) is 0 Å². The number of allylic oxidation sites excluding steroid dienone is 1. The Morgan fingerprint density at radius 1 is 1.35 bits per heavy atom. The molecular formula is C19H23N5O6S. The van der Waals surface area contributed by atoms with Crippen molar-refractivity contribution in [3.8, 4) is 0 Å². The molecule has 2 N–H and O–H groups in total. The fourth-order valence-electron chi connectivity index (χ4n) is 3.56. The second-order valence-electron chi connectivity index (χ2n) is 7.04. The smallest absolute Gasteiger partial charge is 0.303 e. The third-order valence-corrected chi connectivity index (χ3v) is 5.63. The predicted octanol–water partition coefficient (Wildman–Crippen LogP) is 0.897. The van der Waals surface area contributed by atoms with Crippen molar-refractivity contribution >= 4 is 53.3 Å². The normalized spacial score (nSPS) is 25.8. The molecule has 0 radical (unpaired) electrons. The first-order chi connectivity index (χ1) is 14.6. The minimum absolute atomic E-state index is 0.183. The number of imidazole rings is 1. The number of amides is 1. The molecule has 0 aliphatic carbocycles. The molecule has 2 aromatic rings. The van der Waals surface area contributed by atoms with Crippen LogP contribution in [0.25, 0.3) is 17.2 Å². The molecule has 3 heterocycles. The summed E-state index contributed by atoms with van der Waals surface area (Å²) < 4.78 is 11.2. The summed E-state index contributed by atoms with van der Waals surface area (Å²) in [5.41, 5.74) is 0.529. The van der Waals surface area contributed by atoms with Crippen LogP contribution < -0.4 is 5.32 Å². The average Bonchev–Trinajstić information content (AvgIpc) is 3.18. The highest BCUT2D eigenvalue weighted by molar-refractivity contribution is 7.82. The monoisotopic (exact) mass is 449 g/mol. The largest absolute Gasteiger partial charge is 0.458 e. The van der Waals surface area contributed by atoms with Crippen LogP contribution in [0.1, 0.15) is 39.7 Å². The van der Waals surface area contributed by atoms with Gasteiger partial charge in [-0.3, -0.25) is 19.0 Å². The van der Waals surface area contributed by atoms with Crippen molar-refractivity contribution < 1.29 is 29.0 Å². The van der Waals surface area contributed by atoms with E-state index < -0.39 is 41.5 Å². The van der Waals surface area contributed by atoms with Gasteiger partial charge in [-0.1, -0.05) is 6.08 Å². The Morgan fingerprint density at radius 2 is 2.06 bits per heavy atom. The number of anilines is 1. The Morgan fingerprint density at radius 3 is 2.61 bits per heavy atom. The van der Waals surface area contributed by atoms with Gasteiger partial charge in [0.1, 0.15) is 18.3 Å². The number of hydrogen-bond donors (Lipinski definition) is 3. The number of Topliss-reactive ketones (excluding diaryl/α,β-unsaturated/α-hetero) is 1. The van der Waals surface area contributed by atoms with Crippen LogP contribution in [0, 0.1) is 0 Å². The summed E-state index contributed by atoms with van der Waals surface area (Å²) in [4.78, 5) is 48.9. The molecule has 12 heteroatoms. The number of hydrogen-bond acceptors (Lipinski definition) is 10. The molecule has 1 aliphatic rings. The molecule has 2 aromatic heterocycles. The highest BCUT2D eigenvalue weighted by Crippen LogP contribution is 2.47. The van der Waals surface area contributed by atoms with Gasteiger partial charge in [0.2, 0.25) is 5.91 Å². The summed E-state index contributed by atoms with van der Waals surface area (Å²) >= 11 is 4.61. The first kappa shape index (κ1) is 22.8. The van der Waals surface area contributed by atoms with E-state index in [4.69, 9.17) is 9.47 Å². The molecule has 0 aromatic carbocycles. The van der Waals surface area contributed by atoms with Gasteiger partial charge in [-0.15, -0.1) is 0 Å². The van der Waals surface area contributed by atoms with Crippen molar-refractivity contribution in [3.05, 3.63) is 18.2 Å². The molecule has 0 spiro atoms. The summed E-state index contributed by atoms with van der Waals surface area (Å²) in [6.07, 6.45) is 1.31. The maximum atomic E-state index is 12.8. The molecule has 1 fully saturated rings.